The van der Waals surface area contributed by atoms with Gasteiger partial charge >= 0.3 is 0 Å². The van der Waals surface area contributed by atoms with Crippen molar-refractivity contribution in [3.8, 4) is 0 Å². The van der Waals surface area contributed by atoms with Gasteiger partial charge in [-0.25, -0.2) is 0 Å². The number of aliphatic hydroxyl groups excluding tert-OH is 1. The van der Waals surface area contributed by atoms with Gasteiger partial charge < -0.3 is 5.11 Å². The molecule has 0 spiro atoms. The Morgan fingerprint density at radius 3 is 2.04 bits per heavy atom. The summed E-state index contributed by atoms with van der Waals surface area (Å²) in [6.07, 6.45) is 22.9. The van der Waals surface area contributed by atoms with Crippen LogP contribution < -0.4 is 0 Å². The lowest BCUT2D eigenvalue weighted by Crippen LogP contribution is -2.08. The largest absolute Gasteiger partial charge is 0.393 e. The predicted molar refractivity (Wildman–Crippen MR) is 101 cm³/mol. The van der Waals surface area contributed by atoms with Crippen LogP contribution in [0.4, 0.5) is 0 Å². The van der Waals surface area contributed by atoms with Crippen LogP contribution in [-0.4, -0.2) is 17.0 Å². The van der Waals surface area contributed by atoms with Gasteiger partial charge in [0.25, 0.3) is 0 Å². The van der Waals surface area contributed by atoms with Crippen molar-refractivity contribution in [2.45, 2.75) is 103 Å². The smallest absolute Gasteiger partial charge is 0.135 e. The highest BCUT2D eigenvalue weighted by atomic mass is 16.3. The Kier molecular flexibility index (Phi) is 16.8. The van der Waals surface area contributed by atoms with Gasteiger partial charge in [-0.1, -0.05) is 63.3 Å². The molecule has 0 unspecified atom stereocenters. The summed E-state index contributed by atoms with van der Waals surface area (Å²) in [7, 11) is 0. The third-order valence-corrected chi connectivity index (χ3v) is 3.93. The molecule has 0 aliphatic heterocycles. The fourth-order valence-electron chi connectivity index (χ4n) is 2.57. The summed E-state index contributed by atoms with van der Waals surface area (Å²) < 4.78 is 0. The molecule has 1 N–H and O–H groups in total. The fourth-order valence-corrected chi connectivity index (χ4v) is 2.57. The molecule has 23 heavy (non-hydrogen) atoms. The Hall–Kier alpha value is -0.890. The van der Waals surface area contributed by atoms with Gasteiger partial charge in [0.15, 0.2) is 0 Å². The average molecular weight is 323 g/mol. The maximum atomic E-state index is 11.4. The molecular weight excluding hydrogens is 284 g/mol. The summed E-state index contributed by atoms with van der Waals surface area (Å²) in [4.78, 5) is 11.4. The Morgan fingerprint density at radius 1 is 0.870 bits per heavy atom. The number of Topliss-reactive ketones (excluding diaryl/α,β-unsaturated/α-hetero) is 1. The highest BCUT2D eigenvalue weighted by Crippen LogP contribution is 2.09. The first kappa shape index (κ1) is 22.1. The second-order valence-corrected chi connectivity index (χ2v) is 6.57. The number of aliphatic hydroxyl groups is 1. The molecule has 0 aromatic heterocycles. The van der Waals surface area contributed by atoms with Crippen LogP contribution in [0.2, 0.25) is 0 Å². The van der Waals surface area contributed by atoms with Crippen molar-refractivity contribution in [3.05, 3.63) is 24.3 Å². The van der Waals surface area contributed by atoms with Gasteiger partial charge in [0.2, 0.25) is 0 Å². The lowest BCUT2D eigenvalue weighted by Gasteiger charge is -2.03. The minimum atomic E-state index is -0.486. The molecule has 2 nitrogen and oxygen atoms in total. The zero-order chi connectivity index (χ0) is 17.2. The zero-order valence-corrected chi connectivity index (χ0v) is 15.4. The summed E-state index contributed by atoms with van der Waals surface area (Å²) >= 11 is 0. The first-order valence-electron chi connectivity index (χ1n) is 9.66. The minimum absolute atomic E-state index is 0.200. The summed E-state index contributed by atoms with van der Waals surface area (Å²) in [6, 6.07) is 0. The van der Waals surface area contributed by atoms with Crippen molar-refractivity contribution in [3.63, 3.8) is 0 Å². The number of allylic oxidation sites excluding steroid dienone is 4. The van der Waals surface area contributed by atoms with Crippen molar-refractivity contribution in [1.29, 1.82) is 0 Å². The molecule has 0 aromatic carbocycles. The highest BCUT2D eigenvalue weighted by molar-refractivity contribution is 5.78. The monoisotopic (exact) mass is 322 g/mol. The van der Waals surface area contributed by atoms with Crippen LogP contribution in [0.1, 0.15) is 97.3 Å². The Balaban J connectivity index is 3.26. The lowest BCUT2D eigenvalue weighted by atomic mass is 10.0. The van der Waals surface area contributed by atoms with Gasteiger partial charge in [-0.05, 0) is 45.4 Å². The molecule has 0 aliphatic rings. The number of unbranched alkanes of at least 4 members (excludes halogenated alkanes) is 8. The van der Waals surface area contributed by atoms with Gasteiger partial charge in [0.1, 0.15) is 5.78 Å². The molecule has 0 bridgehead atoms. The highest BCUT2D eigenvalue weighted by Gasteiger charge is 2.05. The molecule has 0 saturated carbocycles. The van der Waals surface area contributed by atoms with Gasteiger partial charge in [-0.15, -0.1) is 0 Å². The molecule has 0 radical (unpaired) electrons. The average Bonchev–Trinajstić information content (AvgIpc) is 2.50. The van der Waals surface area contributed by atoms with Crippen molar-refractivity contribution in [1.82, 2.24) is 0 Å². The van der Waals surface area contributed by atoms with E-state index in [-0.39, 0.29) is 5.78 Å². The van der Waals surface area contributed by atoms with Crippen molar-refractivity contribution in [2.24, 2.45) is 0 Å². The first-order valence-corrected chi connectivity index (χ1v) is 9.66. The van der Waals surface area contributed by atoms with Crippen LogP contribution >= 0.6 is 0 Å². The second kappa shape index (κ2) is 17.5. The quantitative estimate of drug-likeness (QED) is 0.274. The number of rotatable bonds is 16. The molecule has 0 heterocycles. The third kappa shape index (κ3) is 19.1. The van der Waals surface area contributed by atoms with Gasteiger partial charge in [-0.2, -0.15) is 0 Å². The molecule has 0 aliphatic carbocycles. The van der Waals surface area contributed by atoms with E-state index in [0.29, 0.717) is 12.8 Å². The Labute approximate surface area is 144 Å². The Bertz CT molecular complexity index is 316. The van der Waals surface area contributed by atoms with E-state index in [1.807, 2.05) is 0 Å². The van der Waals surface area contributed by atoms with Crippen LogP contribution in [0.3, 0.4) is 0 Å². The molecule has 1 atom stereocenters. The fraction of sp³-hybridized carbons (Fsp3) is 0.762. The van der Waals surface area contributed by atoms with Gasteiger partial charge in [0, 0.05) is 12.8 Å². The molecule has 134 valence electrons. The van der Waals surface area contributed by atoms with Crippen LogP contribution in [0, 0.1) is 0 Å². The maximum Gasteiger partial charge on any atom is 0.135 e. The van der Waals surface area contributed by atoms with Crippen molar-refractivity contribution < 1.29 is 9.90 Å². The van der Waals surface area contributed by atoms with E-state index in [0.717, 1.165) is 19.3 Å². The number of carbonyl (C=O) groups is 1. The van der Waals surface area contributed by atoms with Gasteiger partial charge in [-0.3, -0.25) is 4.79 Å². The van der Waals surface area contributed by atoms with Crippen LogP contribution in [-0.2, 0) is 4.79 Å². The molecule has 0 aromatic rings. The summed E-state index contributed by atoms with van der Waals surface area (Å²) in [5, 5.41) is 9.12. The molecule has 2 heteroatoms. The molecule has 0 saturated heterocycles. The predicted octanol–water partition coefficient (Wildman–Crippen LogP) is 6.14. The van der Waals surface area contributed by atoms with E-state index in [4.69, 9.17) is 5.11 Å². The maximum absolute atomic E-state index is 11.4. The van der Waals surface area contributed by atoms with Crippen molar-refractivity contribution >= 4 is 5.78 Å². The van der Waals surface area contributed by atoms with Gasteiger partial charge in [0.05, 0.1) is 6.10 Å². The lowest BCUT2D eigenvalue weighted by molar-refractivity contribution is -0.120. The van der Waals surface area contributed by atoms with E-state index in [9.17, 15) is 4.79 Å². The molecule has 0 rings (SSSR count). The number of hydrogen-bond donors (Lipinski definition) is 1. The van der Waals surface area contributed by atoms with Crippen LogP contribution in [0.5, 0.6) is 0 Å². The summed E-state index contributed by atoms with van der Waals surface area (Å²) in [5.74, 6) is 0.200. The van der Waals surface area contributed by atoms with Crippen molar-refractivity contribution in [2.75, 3.05) is 0 Å². The minimum Gasteiger partial charge on any atom is -0.393 e. The second-order valence-electron chi connectivity index (χ2n) is 6.57. The topological polar surface area (TPSA) is 37.3 Å². The summed E-state index contributed by atoms with van der Waals surface area (Å²) in [6.45, 7) is 3.91. The Morgan fingerprint density at radius 2 is 1.43 bits per heavy atom. The normalized spacial score (nSPS) is 13.2. The molecule has 0 fully saturated rings. The van der Waals surface area contributed by atoms with Crippen LogP contribution in [0.25, 0.3) is 0 Å². The van der Waals surface area contributed by atoms with E-state index in [1.165, 1.54) is 51.4 Å². The molecular formula is C21H38O2. The van der Waals surface area contributed by atoms with E-state index in [1.54, 1.807) is 6.92 Å². The summed E-state index contributed by atoms with van der Waals surface area (Å²) in [5.41, 5.74) is 0. The zero-order valence-electron chi connectivity index (χ0n) is 15.4. The van der Waals surface area contributed by atoms with E-state index in [2.05, 4.69) is 31.2 Å². The van der Waals surface area contributed by atoms with E-state index < -0.39 is 6.10 Å². The van der Waals surface area contributed by atoms with E-state index >= 15 is 0 Å². The number of carbonyl (C=O) groups excluding carboxylic acids is 1. The number of hydrogen-bond acceptors (Lipinski definition) is 2. The van der Waals surface area contributed by atoms with Crippen LogP contribution in [0.15, 0.2) is 24.3 Å². The standard InChI is InChI=1S/C21H38O2/c1-3-4-5-6-7-8-9-10-11-12-13-14-15-16-17-18-21(23)19-20(2)22/h7-8,10-11,20,22H,3-6,9,12-19H2,1-2H3/t20-/m1/s1. The number of ketones is 1. The molecule has 0 amide bonds. The first-order chi connectivity index (χ1) is 11.2. The third-order valence-electron chi connectivity index (χ3n) is 3.93. The SMILES string of the molecule is CCCCCC=CCC=CCCCCCCCC(=O)C[C@@H](C)O.